The number of benzene rings is 1. The molecule has 0 spiro atoms. The number of methoxy groups -OCH3 is 1. The number of hydrogen-bond donors (Lipinski definition) is 2. The van der Waals surface area contributed by atoms with E-state index in [1.54, 1.807) is 7.11 Å². The van der Waals surface area contributed by atoms with E-state index in [2.05, 4.69) is 34.3 Å². The van der Waals surface area contributed by atoms with Crippen LogP contribution in [-0.4, -0.2) is 44.1 Å². The number of rotatable bonds is 8. The van der Waals surface area contributed by atoms with Crippen LogP contribution in [-0.2, 0) is 6.54 Å². The second-order valence-electron chi connectivity index (χ2n) is 6.57. The van der Waals surface area contributed by atoms with Gasteiger partial charge in [-0.1, -0.05) is 25.5 Å². The first-order chi connectivity index (χ1) is 11.7. The van der Waals surface area contributed by atoms with Crippen LogP contribution in [0.1, 0.15) is 38.2 Å². The summed E-state index contributed by atoms with van der Waals surface area (Å²) in [7, 11) is 1.70. The molecule has 1 heterocycles. The topological polar surface area (TPSA) is 62.9 Å². The van der Waals surface area contributed by atoms with Gasteiger partial charge in [-0.15, -0.1) is 24.0 Å². The van der Waals surface area contributed by atoms with Crippen molar-refractivity contribution < 1.29 is 4.74 Å². The fourth-order valence-electron chi connectivity index (χ4n) is 2.99. The number of halogens is 1. The van der Waals surface area contributed by atoms with Gasteiger partial charge in [-0.2, -0.15) is 0 Å². The summed E-state index contributed by atoms with van der Waals surface area (Å²) in [5, 5.41) is 3.18. The van der Waals surface area contributed by atoms with Crippen LogP contribution < -0.4 is 15.8 Å². The summed E-state index contributed by atoms with van der Waals surface area (Å²) in [6.07, 6.45) is 4.71. The Hall–Kier alpha value is -1.02. The number of nitrogens with one attached hydrogen (secondary N) is 1. The van der Waals surface area contributed by atoms with Gasteiger partial charge in [-0.25, -0.2) is 0 Å². The van der Waals surface area contributed by atoms with Crippen LogP contribution in [0.4, 0.5) is 0 Å². The molecule has 1 aliphatic rings. The average Bonchev–Trinajstić information content (AvgIpc) is 2.62. The molecule has 0 aliphatic carbocycles. The molecule has 0 aromatic heterocycles. The highest BCUT2D eigenvalue weighted by molar-refractivity contribution is 14.0. The van der Waals surface area contributed by atoms with Gasteiger partial charge in [-0.3, -0.25) is 9.89 Å². The second kappa shape index (κ2) is 12.4. The summed E-state index contributed by atoms with van der Waals surface area (Å²) in [5.41, 5.74) is 7.25. The summed E-state index contributed by atoms with van der Waals surface area (Å²) in [5.74, 6) is 2.17. The highest BCUT2D eigenvalue weighted by Crippen LogP contribution is 2.20. The van der Waals surface area contributed by atoms with Crippen LogP contribution in [0.3, 0.4) is 0 Å². The minimum atomic E-state index is 0. The standard InChI is InChI=1S/C19H32N4O.HI/c1-3-4-11-21-19(20)22-14-16-9-12-23(13-10-16)15-17-5-7-18(24-2)8-6-17;/h5-8,16H,3-4,9-15H2,1-2H3,(H3,20,21,22);1H. The van der Waals surface area contributed by atoms with Gasteiger partial charge in [0.05, 0.1) is 7.11 Å². The van der Waals surface area contributed by atoms with Gasteiger partial charge in [0.1, 0.15) is 5.75 Å². The molecule has 1 aliphatic heterocycles. The number of ether oxygens (including phenoxy) is 1. The van der Waals surface area contributed by atoms with E-state index in [-0.39, 0.29) is 24.0 Å². The maximum Gasteiger partial charge on any atom is 0.188 e. The zero-order valence-corrected chi connectivity index (χ0v) is 17.9. The van der Waals surface area contributed by atoms with E-state index in [9.17, 15) is 0 Å². The summed E-state index contributed by atoms with van der Waals surface area (Å²) in [4.78, 5) is 7.02. The number of likely N-dealkylation sites (tertiary alicyclic amines) is 1. The third kappa shape index (κ3) is 8.27. The lowest BCUT2D eigenvalue weighted by Crippen LogP contribution is -2.36. The van der Waals surface area contributed by atoms with Gasteiger partial charge in [0.15, 0.2) is 5.96 Å². The van der Waals surface area contributed by atoms with Gasteiger partial charge in [-0.05, 0) is 56.0 Å². The van der Waals surface area contributed by atoms with Crippen molar-refractivity contribution in [3.63, 3.8) is 0 Å². The molecule has 1 aromatic rings. The first-order valence-electron chi connectivity index (χ1n) is 9.10. The van der Waals surface area contributed by atoms with E-state index >= 15 is 0 Å². The number of aliphatic imine (C=N–C) groups is 1. The highest BCUT2D eigenvalue weighted by atomic mass is 127. The lowest BCUT2D eigenvalue weighted by Gasteiger charge is -2.31. The molecule has 1 aromatic carbocycles. The number of guanidine groups is 1. The Kier molecular flexibility index (Phi) is 10.9. The molecule has 2 rings (SSSR count). The fraction of sp³-hybridized carbons (Fsp3) is 0.632. The number of nitrogens with zero attached hydrogens (tertiary/aromatic N) is 2. The van der Waals surface area contributed by atoms with Crippen molar-refractivity contribution in [3.05, 3.63) is 29.8 Å². The highest BCUT2D eigenvalue weighted by Gasteiger charge is 2.19. The van der Waals surface area contributed by atoms with Crippen molar-refractivity contribution in [2.24, 2.45) is 16.6 Å². The predicted molar refractivity (Wildman–Crippen MR) is 116 cm³/mol. The minimum absolute atomic E-state index is 0. The molecule has 0 radical (unpaired) electrons. The molecular formula is C19H33IN4O. The van der Waals surface area contributed by atoms with Gasteiger partial charge in [0.25, 0.3) is 0 Å². The van der Waals surface area contributed by atoms with Crippen LogP contribution in [0.15, 0.2) is 29.3 Å². The molecule has 0 bridgehead atoms. The summed E-state index contributed by atoms with van der Waals surface area (Å²) in [6.45, 7) is 7.23. The molecule has 0 unspecified atom stereocenters. The van der Waals surface area contributed by atoms with E-state index in [0.29, 0.717) is 11.9 Å². The second-order valence-corrected chi connectivity index (χ2v) is 6.57. The predicted octanol–water partition coefficient (Wildman–Crippen LogP) is 3.23. The molecule has 25 heavy (non-hydrogen) atoms. The average molecular weight is 460 g/mol. The molecule has 1 saturated heterocycles. The Bertz CT molecular complexity index is 499. The largest absolute Gasteiger partial charge is 0.497 e. The van der Waals surface area contributed by atoms with Crippen LogP contribution in [0.2, 0.25) is 0 Å². The monoisotopic (exact) mass is 460 g/mol. The summed E-state index contributed by atoms with van der Waals surface area (Å²) in [6, 6.07) is 8.37. The van der Waals surface area contributed by atoms with E-state index in [1.165, 1.54) is 24.8 Å². The number of unbranched alkanes of at least 4 members (excludes halogenated alkanes) is 1. The first kappa shape index (κ1) is 22.0. The van der Waals surface area contributed by atoms with Crippen LogP contribution in [0.5, 0.6) is 5.75 Å². The number of piperidine rings is 1. The zero-order valence-electron chi connectivity index (χ0n) is 15.5. The van der Waals surface area contributed by atoms with Crippen LogP contribution >= 0.6 is 24.0 Å². The molecule has 6 heteroatoms. The first-order valence-corrected chi connectivity index (χ1v) is 9.10. The SMILES string of the molecule is CCCCNC(N)=NCC1CCN(Cc2ccc(OC)cc2)CC1.I. The van der Waals surface area contributed by atoms with E-state index in [1.807, 2.05) is 12.1 Å². The molecule has 3 N–H and O–H groups in total. The molecule has 1 fully saturated rings. The molecule has 142 valence electrons. The molecule has 5 nitrogen and oxygen atoms in total. The van der Waals surface area contributed by atoms with Crippen LogP contribution in [0, 0.1) is 5.92 Å². The minimum Gasteiger partial charge on any atom is -0.497 e. The fourth-order valence-corrected chi connectivity index (χ4v) is 2.99. The van der Waals surface area contributed by atoms with E-state index in [4.69, 9.17) is 10.5 Å². The zero-order chi connectivity index (χ0) is 17.2. The van der Waals surface area contributed by atoms with Gasteiger partial charge >= 0.3 is 0 Å². The molecular weight excluding hydrogens is 427 g/mol. The Morgan fingerprint density at radius 1 is 1.28 bits per heavy atom. The van der Waals surface area contributed by atoms with Crippen molar-refractivity contribution in [2.45, 2.75) is 39.2 Å². The smallest absolute Gasteiger partial charge is 0.188 e. The normalized spacial score (nSPS) is 16.3. The van der Waals surface area contributed by atoms with Crippen molar-refractivity contribution in [1.82, 2.24) is 10.2 Å². The summed E-state index contributed by atoms with van der Waals surface area (Å²) >= 11 is 0. The van der Waals surface area contributed by atoms with Gasteiger partial charge in [0, 0.05) is 19.6 Å². The maximum atomic E-state index is 5.90. The maximum absolute atomic E-state index is 5.90. The van der Waals surface area contributed by atoms with Crippen LogP contribution in [0.25, 0.3) is 0 Å². The van der Waals surface area contributed by atoms with Crippen molar-refractivity contribution >= 4 is 29.9 Å². The number of nitrogens with two attached hydrogens (primary N) is 1. The van der Waals surface area contributed by atoms with E-state index < -0.39 is 0 Å². The lowest BCUT2D eigenvalue weighted by atomic mass is 9.96. The lowest BCUT2D eigenvalue weighted by molar-refractivity contribution is 0.180. The van der Waals surface area contributed by atoms with Gasteiger partial charge < -0.3 is 15.8 Å². The molecule has 0 amide bonds. The third-order valence-corrected chi connectivity index (χ3v) is 4.63. The van der Waals surface area contributed by atoms with E-state index in [0.717, 1.165) is 44.9 Å². The quantitative estimate of drug-likeness (QED) is 0.271. The Morgan fingerprint density at radius 2 is 1.96 bits per heavy atom. The Labute approximate surface area is 169 Å². The summed E-state index contributed by atoms with van der Waals surface area (Å²) < 4.78 is 5.21. The van der Waals surface area contributed by atoms with Gasteiger partial charge in [0.2, 0.25) is 0 Å². The molecule has 0 saturated carbocycles. The molecule has 0 atom stereocenters. The third-order valence-electron chi connectivity index (χ3n) is 4.63. The number of hydrogen-bond acceptors (Lipinski definition) is 3. The van der Waals surface area contributed by atoms with Crippen molar-refractivity contribution in [1.29, 1.82) is 0 Å². The van der Waals surface area contributed by atoms with Crippen molar-refractivity contribution in [2.75, 3.05) is 33.3 Å². The van der Waals surface area contributed by atoms with Crippen molar-refractivity contribution in [3.8, 4) is 5.75 Å². The Balaban J connectivity index is 0.00000312. The Morgan fingerprint density at radius 3 is 2.56 bits per heavy atom.